The molecule has 0 spiro atoms. The molecule has 0 radical (unpaired) electrons. The Hall–Kier alpha value is -4.21. The van der Waals surface area contributed by atoms with Crippen LogP contribution >= 0.6 is 0 Å². The third-order valence-electron chi connectivity index (χ3n) is 4.54. The first-order valence-corrected chi connectivity index (χ1v) is 9.15. The molecule has 0 aliphatic carbocycles. The second kappa shape index (κ2) is 8.05. The summed E-state index contributed by atoms with van der Waals surface area (Å²) in [6, 6.07) is 11.9. The first-order chi connectivity index (χ1) is 15.6. The monoisotopic (exact) mass is 463 g/mol. The van der Waals surface area contributed by atoms with Crippen molar-refractivity contribution in [3.63, 3.8) is 0 Å². The first kappa shape index (κ1) is 22.0. The van der Waals surface area contributed by atoms with Gasteiger partial charge in [0.05, 0.1) is 17.7 Å². The highest BCUT2D eigenvalue weighted by atomic mass is 19.4. The van der Waals surface area contributed by atoms with Crippen molar-refractivity contribution in [1.29, 1.82) is 5.26 Å². The molecule has 7 nitrogen and oxygen atoms in total. The maximum Gasteiger partial charge on any atom is 0.416 e. The average Bonchev–Trinajstić information content (AvgIpc) is 3.39. The quantitative estimate of drug-likeness (QED) is 0.417. The third-order valence-corrected chi connectivity index (χ3v) is 4.54. The normalized spacial score (nSPS) is 12.0. The zero-order valence-corrected chi connectivity index (χ0v) is 16.3. The molecule has 0 atom stereocenters. The van der Waals surface area contributed by atoms with E-state index in [-0.39, 0.29) is 24.1 Å². The molecule has 4 rings (SSSR count). The Bertz CT molecular complexity index is 1300. The molecule has 33 heavy (non-hydrogen) atoms. The van der Waals surface area contributed by atoms with E-state index in [1.54, 1.807) is 30.3 Å². The van der Waals surface area contributed by atoms with Gasteiger partial charge in [0.2, 0.25) is 5.69 Å². The Morgan fingerprint density at radius 1 is 0.909 bits per heavy atom. The van der Waals surface area contributed by atoms with Gasteiger partial charge in [-0.3, -0.25) is 0 Å². The summed E-state index contributed by atoms with van der Waals surface area (Å²) in [4.78, 5) is 3.85. The van der Waals surface area contributed by atoms with Crippen molar-refractivity contribution in [2.75, 3.05) is 0 Å². The number of aromatic nitrogens is 6. The smallest absolute Gasteiger partial charge is 0.222 e. The molecule has 0 unspecified atom stereocenters. The lowest BCUT2D eigenvalue weighted by atomic mass is 10.0. The molecular formula is C20H11F6N7. The van der Waals surface area contributed by atoms with Gasteiger partial charge in [0.15, 0.2) is 11.6 Å². The van der Waals surface area contributed by atoms with Crippen molar-refractivity contribution < 1.29 is 26.3 Å². The van der Waals surface area contributed by atoms with Gasteiger partial charge in [0, 0.05) is 5.56 Å². The Morgan fingerprint density at radius 3 is 2.12 bits per heavy atom. The molecule has 0 aliphatic heterocycles. The molecule has 0 bridgehead atoms. The number of halogens is 6. The molecule has 2 aromatic carbocycles. The van der Waals surface area contributed by atoms with Crippen LogP contribution in [0.4, 0.5) is 26.3 Å². The molecule has 0 fully saturated rings. The Balaban J connectivity index is 1.78. The molecule has 0 saturated carbocycles. The molecular weight excluding hydrogens is 452 g/mol. The number of nitriles is 1. The fraction of sp³-hybridized carbons (Fsp3) is 0.150. The maximum absolute atomic E-state index is 13.2. The number of hydrogen-bond acceptors (Lipinski definition) is 5. The number of hydrogen-bond donors (Lipinski definition) is 0. The van der Waals surface area contributed by atoms with Crippen LogP contribution in [0.25, 0.3) is 17.2 Å². The van der Waals surface area contributed by atoms with Crippen LogP contribution in [0, 0.1) is 11.3 Å². The van der Waals surface area contributed by atoms with Crippen LogP contribution < -0.4 is 0 Å². The fourth-order valence-corrected chi connectivity index (χ4v) is 3.05. The standard InChI is InChI=1S/C20H11F6N7/c21-19(22,23)14-6-13(7-15(8-14)20(24,25)26)17-28-11-33(30-17)18-16(9-27)29-31-32(18)10-12-4-2-1-3-5-12/h1-8,11H,10H2. The molecule has 0 saturated heterocycles. The van der Waals surface area contributed by atoms with E-state index in [0.717, 1.165) is 16.6 Å². The Morgan fingerprint density at radius 2 is 1.55 bits per heavy atom. The summed E-state index contributed by atoms with van der Waals surface area (Å²) >= 11 is 0. The van der Waals surface area contributed by atoms with Crippen LogP contribution in [0.2, 0.25) is 0 Å². The second-order valence-corrected chi connectivity index (χ2v) is 6.82. The van der Waals surface area contributed by atoms with E-state index in [4.69, 9.17) is 0 Å². The summed E-state index contributed by atoms with van der Waals surface area (Å²) in [7, 11) is 0. The fourth-order valence-electron chi connectivity index (χ4n) is 3.05. The van der Waals surface area contributed by atoms with Gasteiger partial charge in [-0.05, 0) is 23.8 Å². The van der Waals surface area contributed by atoms with Crippen molar-refractivity contribution >= 4 is 0 Å². The molecule has 2 heterocycles. The van der Waals surface area contributed by atoms with Crippen molar-refractivity contribution in [2.45, 2.75) is 18.9 Å². The van der Waals surface area contributed by atoms with E-state index >= 15 is 0 Å². The topological polar surface area (TPSA) is 85.2 Å². The van der Waals surface area contributed by atoms with E-state index in [1.807, 2.05) is 6.07 Å². The predicted octanol–water partition coefficient (Wildman–Crippen LogP) is 4.48. The average molecular weight is 463 g/mol. The van der Waals surface area contributed by atoms with Crippen LogP contribution in [0.3, 0.4) is 0 Å². The zero-order valence-electron chi connectivity index (χ0n) is 16.3. The second-order valence-electron chi connectivity index (χ2n) is 6.82. The summed E-state index contributed by atoms with van der Waals surface area (Å²) < 4.78 is 81.4. The number of nitrogens with zero attached hydrogens (tertiary/aromatic N) is 7. The predicted molar refractivity (Wildman–Crippen MR) is 101 cm³/mol. The lowest BCUT2D eigenvalue weighted by molar-refractivity contribution is -0.143. The summed E-state index contributed by atoms with van der Waals surface area (Å²) in [5, 5.41) is 21.0. The van der Waals surface area contributed by atoms with Crippen molar-refractivity contribution in [2.24, 2.45) is 0 Å². The van der Waals surface area contributed by atoms with Gasteiger partial charge in [0.25, 0.3) is 0 Å². The van der Waals surface area contributed by atoms with Crippen molar-refractivity contribution in [1.82, 2.24) is 29.8 Å². The largest absolute Gasteiger partial charge is 0.416 e. The van der Waals surface area contributed by atoms with Gasteiger partial charge < -0.3 is 0 Å². The summed E-state index contributed by atoms with van der Waals surface area (Å²) in [6.07, 6.45) is -8.96. The van der Waals surface area contributed by atoms with E-state index < -0.39 is 34.9 Å². The number of rotatable bonds is 4. The lowest BCUT2D eigenvalue weighted by Crippen LogP contribution is -2.11. The van der Waals surface area contributed by atoms with Gasteiger partial charge in [0.1, 0.15) is 12.4 Å². The minimum Gasteiger partial charge on any atom is -0.222 e. The van der Waals surface area contributed by atoms with Crippen molar-refractivity contribution in [3.05, 3.63) is 77.2 Å². The maximum atomic E-state index is 13.2. The highest BCUT2D eigenvalue weighted by Gasteiger charge is 2.37. The molecule has 2 aromatic heterocycles. The molecule has 0 N–H and O–H groups in total. The molecule has 0 amide bonds. The Labute approximate surface area is 181 Å². The summed E-state index contributed by atoms with van der Waals surface area (Å²) in [5.74, 6) is -0.342. The van der Waals surface area contributed by atoms with Crippen LogP contribution in [0.1, 0.15) is 22.4 Å². The van der Waals surface area contributed by atoms with Crippen LogP contribution in [0.5, 0.6) is 0 Å². The molecule has 4 aromatic rings. The summed E-state index contributed by atoms with van der Waals surface area (Å²) in [5.41, 5.74) is -2.81. The first-order valence-electron chi connectivity index (χ1n) is 9.15. The highest BCUT2D eigenvalue weighted by molar-refractivity contribution is 5.58. The van der Waals surface area contributed by atoms with E-state index in [9.17, 15) is 31.6 Å². The Kier molecular flexibility index (Phi) is 5.36. The molecule has 0 aliphatic rings. The minimum atomic E-state index is -5.01. The third kappa shape index (κ3) is 4.54. The van der Waals surface area contributed by atoms with Gasteiger partial charge in [-0.2, -0.15) is 36.3 Å². The van der Waals surface area contributed by atoms with Crippen LogP contribution in [-0.4, -0.2) is 29.8 Å². The van der Waals surface area contributed by atoms with E-state index in [1.165, 1.54) is 4.68 Å². The van der Waals surface area contributed by atoms with E-state index in [0.29, 0.717) is 12.1 Å². The number of benzene rings is 2. The zero-order chi connectivity index (χ0) is 23.8. The SMILES string of the molecule is N#Cc1nnn(Cc2ccccc2)c1-n1cnc(-c2cc(C(F)(F)F)cc(C(F)(F)F)c2)n1. The number of alkyl halides is 6. The lowest BCUT2D eigenvalue weighted by Gasteiger charge is -2.13. The van der Waals surface area contributed by atoms with E-state index in [2.05, 4.69) is 20.4 Å². The van der Waals surface area contributed by atoms with Gasteiger partial charge in [-0.1, -0.05) is 35.5 Å². The minimum absolute atomic E-state index is 0.0210. The molecule has 13 heteroatoms. The van der Waals surface area contributed by atoms with Crippen LogP contribution in [0.15, 0.2) is 54.9 Å². The summed E-state index contributed by atoms with van der Waals surface area (Å²) in [6.45, 7) is 0.182. The highest BCUT2D eigenvalue weighted by Crippen LogP contribution is 2.38. The van der Waals surface area contributed by atoms with Gasteiger partial charge in [-0.15, -0.1) is 10.2 Å². The van der Waals surface area contributed by atoms with Crippen LogP contribution in [-0.2, 0) is 18.9 Å². The van der Waals surface area contributed by atoms with Crippen molar-refractivity contribution in [3.8, 4) is 23.3 Å². The molecule has 168 valence electrons. The van der Waals surface area contributed by atoms with Gasteiger partial charge >= 0.3 is 12.4 Å². The van der Waals surface area contributed by atoms with Gasteiger partial charge in [-0.25, -0.2) is 9.67 Å².